The SMILES string of the molecule is CCC(=O)Nc1ccc(S(=O)(=O)N(CCOC)[C@H]2CCSC2)cc1. The number of sulfonamides is 1. The third-order valence-corrected chi connectivity index (χ3v) is 7.01. The van der Waals surface area contributed by atoms with Gasteiger partial charge in [0.25, 0.3) is 0 Å². The molecule has 1 aliphatic rings. The third-order valence-electron chi connectivity index (χ3n) is 3.89. The molecule has 24 heavy (non-hydrogen) atoms. The Morgan fingerprint density at radius 3 is 2.62 bits per heavy atom. The predicted octanol–water partition coefficient (Wildman–Crippen LogP) is 2.18. The molecule has 1 heterocycles. The smallest absolute Gasteiger partial charge is 0.243 e. The van der Waals surface area contributed by atoms with Gasteiger partial charge in [-0.1, -0.05) is 6.92 Å². The minimum Gasteiger partial charge on any atom is -0.383 e. The van der Waals surface area contributed by atoms with E-state index in [-0.39, 0.29) is 16.8 Å². The van der Waals surface area contributed by atoms with E-state index in [0.717, 1.165) is 17.9 Å². The topological polar surface area (TPSA) is 75.7 Å². The molecule has 1 amide bonds. The van der Waals surface area contributed by atoms with Gasteiger partial charge in [-0.05, 0) is 36.4 Å². The molecule has 1 aromatic carbocycles. The lowest BCUT2D eigenvalue weighted by atomic mass is 10.3. The van der Waals surface area contributed by atoms with Crippen molar-refractivity contribution in [3.8, 4) is 0 Å². The van der Waals surface area contributed by atoms with Crippen LogP contribution in [0.15, 0.2) is 29.2 Å². The van der Waals surface area contributed by atoms with Crippen LogP contribution in [-0.4, -0.2) is 56.4 Å². The number of hydrogen-bond acceptors (Lipinski definition) is 5. The molecule has 0 spiro atoms. The summed E-state index contributed by atoms with van der Waals surface area (Å²) in [4.78, 5) is 11.7. The van der Waals surface area contributed by atoms with E-state index in [1.54, 1.807) is 54.4 Å². The average molecular weight is 373 g/mol. The third kappa shape index (κ3) is 4.72. The number of nitrogens with one attached hydrogen (secondary N) is 1. The molecule has 6 nitrogen and oxygen atoms in total. The predicted molar refractivity (Wildman–Crippen MR) is 96.9 cm³/mol. The van der Waals surface area contributed by atoms with Crippen LogP contribution in [0.3, 0.4) is 0 Å². The summed E-state index contributed by atoms with van der Waals surface area (Å²) < 4.78 is 32.6. The van der Waals surface area contributed by atoms with Crippen molar-refractivity contribution >= 4 is 33.4 Å². The monoisotopic (exact) mass is 372 g/mol. The maximum atomic E-state index is 13.0. The second-order valence-electron chi connectivity index (χ2n) is 5.55. The van der Waals surface area contributed by atoms with Crippen LogP contribution in [0.1, 0.15) is 19.8 Å². The fourth-order valence-corrected chi connectivity index (χ4v) is 5.48. The number of benzene rings is 1. The number of rotatable bonds is 8. The summed E-state index contributed by atoms with van der Waals surface area (Å²) in [6.45, 7) is 2.48. The fraction of sp³-hybridized carbons (Fsp3) is 0.562. The van der Waals surface area contributed by atoms with Crippen LogP contribution in [0.5, 0.6) is 0 Å². The van der Waals surface area contributed by atoms with E-state index in [4.69, 9.17) is 4.74 Å². The molecule has 2 rings (SSSR count). The zero-order valence-corrected chi connectivity index (χ0v) is 15.7. The van der Waals surface area contributed by atoms with Gasteiger partial charge in [0.1, 0.15) is 0 Å². The highest BCUT2D eigenvalue weighted by molar-refractivity contribution is 7.99. The average Bonchev–Trinajstić information content (AvgIpc) is 3.09. The van der Waals surface area contributed by atoms with Crippen molar-refractivity contribution in [3.05, 3.63) is 24.3 Å². The van der Waals surface area contributed by atoms with Crippen molar-refractivity contribution in [3.63, 3.8) is 0 Å². The minimum atomic E-state index is -3.58. The van der Waals surface area contributed by atoms with Crippen molar-refractivity contribution in [1.29, 1.82) is 0 Å². The van der Waals surface area contributed by atoms with Crippen LogP contribution in [-0.2, 0) is 19.6 Å². The van der Waals surface area contributed by atoms with E-state index >= 15 is 0 Å². The van der Waals surface area contributed by atoms with Gasteiger partial charge in [0.2, 0.25) is 15.9 Å². The number of nitrogens with zero attached hydrogens (tertiary/aromatic N) is 1. The van der Waals surface area contributed by atoms with Gasteiger partial charge in [0.15, 0.2) is 0 Å². The Kier molecular flexibility index (Phi) is 7.09. The van der Waals surface area contributed by atoms with Gasteiger partial charge >= 0.3 is 0 Å². The Hall–Kier alpha value is -1.09. The first-order chi connectivity index (χ1) is 11.5. The molecule has 8 heteroatoms. The second kappa shape index (κ2) is 8.84. The summed E-state index contributed by atoms with van der Waals surface area (Å²) in [6.07, 6.45) is 1.24. The zero-order chi connectivity index (χ0) is 17.6. The van der Waals surface area contributed by atoms with Gasteiger partial charge in [-0.2, -0.15) is 16.1 Å². The molecule has 1 aromatic rings. The molecule has 0 aromatic heterocycles. The van der Waals surface area contributed by atoms with Crippen molar-refractivity contribution in [1.82, 2.24) is 4.31 Å². The summed E-state index contributed by atoms with van der Waals surface area (Å²) >= 11 is 1.77. The number of anilines is 1. The Morgan fingerprint density at radius 2 is 2.08 bits per heavy atom. The number of carbonyl (C=O) groups is 1. The molecule has 1 saturated heterocycles. The Balaban J connectivity index is 2.20. The summed E-state index contributed by atoms with van der Waals surface area (Å²) in [7, 11) is -2.01. The molecule has 1 fully saturated rings. The van der Waals surface area contributed by atoms with Crippen molar-refractivity contribution in [2.24, 2.45) is 0 Å². The molecule has 134 valence electrons. The number of hydrogen-bond donors (Lipinski definition) is 1. The van der Waals surface area contributed by atoms with E-state index in [1.807, 2.05) is 0 Å². The first-order valence-electron chi connectivity index (χ1n) is 7.97. The van der Waals surface area contributed by atoms with Crippen LogP contribution in [0.25, 0.3) is 0 Å². The van der Waals surface area contributed by atoms with Gasteiger partial charge in [-0.25, -0.2) is 8.42 Å². The maximum Gasteiger partial charge on any atom is 0.243 e. The lowest BCUT2D eigenvalue weighted by Gasteiger charge is -2.27. The highest BCUT2D eigenvalue weighted by Crippen LogP contribution is 2.28. The number of carbonyl (C=O) groups excluding carboxylic acids is 1. The summed E-state index contributed by atoms with van der Waals surface area (Å²) in [5.41, 5.74) is 0.598. The minimum absolute atomic E-state index is 0.00891. The van der Waals surface area contributed by atoms with Crippen molar-refractivity contribution < 1.29 is 17.9 Å². The van der Waals surface area contributed by atoms with Crippen LogP contribution < -0.4 is 5.32 Å². The Labute approximate surface area is 148 Å². The molecule has 0 aliphatic carbocycles. The molecule has 1 aliphatic heterocycles. The lowest BCUT2D eigenvalue weighted by Crippen LogP contribution is -2.42. The number of methoxy groups -OCH3 is 1. The van der Waals surface area contributed by atoms with Crippen molar-refractivity contribution in [2.75, 3.05) is 37.1 Å². The molecule has 0 radical (unpaired) electrons. The molecular weight excluding hydrogens is 348 g/mol. The Morgan fingerprint density at radius 1 is 1.38 bits per heavy atom. The van der Waals surface area contributed by atoms with Crippen LogP contribution in [0, 0.1) is 0 Å². The lowest BCUT2D eigenvalue weighted by molar-refractivity contribution is -0.115. The summed E-state index contributed by atoms with van der Waals surface area (Å²) in [5, 5.41) is 2.72. The van der Waals surface area contributed by atoms with E-state index in [2.05, 4.69) is 5.32 Å². The number of ether oxygens (including phenoxy) is 1. The molecule has 0 unspecified atom stereocenters. The molecular formula is C16H24N2O4S2. The zero-order valence-electron chi connectivity index (χ0n) is 14.0. The van der Waals surface area contributed by atoms with E-state index in [1.165, 1.54) is 0 Å². The van der Waals surface area contributed by atoms with Gasteiger partial charge in [-0.15, -0.1) is 0 Å². The highest BCUT2D eigenvalue weighted by Gasteiger charge is 2.33. The highest BCUT2D eigenvalue weighted by atomic mass is 32.2. The van der Waals surface area contributed by atoms with Gasteiger partial charge < -0.3 is 10.1 Å². The van der Waals surface area contributed by atoms with Crippen LogP contribution >= 0.6 is 11.8 Å². The largest absolute Gasteiger partial charge is 0.383 e. The normalized spacial score (nSPS) is 18.0. The van der Waals surface area contributed by atoms with Crippen molar-refractivity contribution in [2.45, 2.75) is 30.7 Å². The molecule has 1 atom stereocenters. The summed E-state index contributed by atoms with van der Waals surface area (Å²) in [6, 6.07) is 6.34. The quantitative estimate of drug-likeness (QED) is 0.757. The van der Waals surface area contributed by atoms with Gasteiger partial charge in [0.05, 0.1) is 11.5 Å². The van der Waals surface area contributed by atoms with Gasteiger partial charge in [0, 0.05) is 37.6 Å². The first kappa shape index (κ1) is 19.2. The Bertz CT molecular complexity index is 641. The fourth-order valence-electron chi connectivity index (χ4n) is 2.52. The second-order valence-corrected chi connectivity index (χ2v) is 8.59. The molecule has 1 N–H and O–H groups in total. The van der Waals surface area contributed by atoms with Crippen LogP contribution in [0.2, 0.25) is 0 Å². The summed E-state index contributed by atoms with van der Waals surface area (Å²) in [5.74, 6) is 1.69. The van der Waals surface area contributed by atoms with E-state index in [0.29, 0.717) is 25.3 Å². The van der Waals surface area contributed by atoms with Crippen LogP contribution in [0.4, 0.5) is 5.69 Å². The number of thioether (sulfide) groups is 1. The molecule has 0 bridgehead atoms. The van der Waals surface area contributed by atoms with Gasteiger partial charge in [-0.3, -0.25) is 4.79 Å². The standard InChI is InChI=1S/C16H24N2O4S2/c1-3-16(19)17-13-4-6-15(7-5-13)24(20,21)18(9-10-22-2)14-8-11-23-12-14/h4-7,14H,3,8-12H2,1-2H3,(H,17,19)/t14-/m0/s1. The molecule has 0 saturated carbocycles. The van der Waals surface area contributed by atoms with E-state index < -0.39 is 10.0 Å². The van der Waals surface area contributed by atoms with E-state index in [9.17, 15) is 13.2 Å². The maximum absolute atomic E-state index is 13.0. The number of amides is 1. The first-order valence-corrected chi connectivity index (χ1v) is 10.6.